The molecule has 1 saturated heterocycles. The van der Waals surface area contributed by atoms with Gasteiger partial charge >= 0.3 is 0 Å². The average molecular weight is 186 g/mol. The fourth-order valence-electron chi connectivity index (χ4n) is 1.33. The van der Waals surface area contributed by atoms with Gasteiger partial charge in [0.2, 0.25) is 5.91 Å². The molecular formula is C9H18N2O2. The largest absolute Gasteiger partial charge is 0.389 e. The van der Waals surface area contributed by atoms with Gasteiger partial charge in [0, 0.05) is 6.54 Å². The van der Waals surface area contributed by atoms with Gasteiger partial charge in [-0.1, -0.05) is 0 Å². The summed E-state index contributed by atoms with van der Waals surface area (Å²) in [7, 11) is 0. The third-order valence-corrected chi connectivity index (χ3v) is 2.07. The van der Waals surface area contributed by atoms with Crippen LogP contribution in [0.4, 0.5) is 0 Å². The van der Waals surface area contributed by atoms with Crippen LogP contribution in [0.15, 0.2) is 0 Å². The standard InChI is InChI=1S/C9H18N2O2/c1-9(2,13)6-11-8(12)7-4-3-5-10-7/h7,10,13H,3-6H2,1-2H3,(H,11,12)/t7-/m1/s1. The normalized spacial score (nSPS) is 23.2. The molecule has 1 aliphatic heterocycles. The van der Waals surface area contributed by atoms with E-state index >= 15 is 0 Å². The quantitative estimate of drug-likeness (QED) is 0.563. The molecule has 4 nitrogen and oxygen atoms in total. The maximum absolute atomic E-state index is 11.4. The van der Waals surface area contributed by atoms with Crippen LogP contribution in [0.3, 0.4) is 0 Å². The first kappa shape index (κ1) is 10.5. The first-order chi connectivity index (χ1) is 5.99. The lowest BCUT2D eigenvalue weighted by atomic mass is 10.1. The molecule has 1 heterocycles. The van der Waals surface area contributed by atoms with E-state index in [4.69, 9.17) is 0 Å². The van der Waals surface area contributed by atoms with Crippen molar-refractivity contribution in [3.63, 3.8) is 0 Å². The van der Waals surface area contributed by atoms with Gasteiger partial charge in [0.05, 0.1) is 11.6 Å². The lowest BCUT2D eigenvalue weighted by Gasteiger charge is -2.19. The highest BCUT2D eigenvalue weighted by atomic mass is 16.3. The Labute approximate surface area is 78.7 Å². The second kappa shape index (κ2) is 4.07. The van der Waals surface area contributed by atoms with E-state index < -0.39 is 5.60 Å². The van der Waals surface area contributed by atoms with Gasteiger partial charge in [-0.2, -0.15) is 0 Å². The molecule has 0 bridgehead atoms. The number of carbonyl (C=O) groups is 1. The van der Waals surface area contributed by atoms with Crippen molar-refractivity contribution in [1.29, 1.82) is 0 Å². The van der Waals surface area contributed by atoms with Crippen molar-refractivity contribution in [3.05, 3.63) is 0 Å². The summed E-state index contributed by atoms with van der Waals surface area (Å²) < 4.78 is 0. The van der Waals surface area contributed by atoms with Crippen molar-refractivity contribution < 1.29 is 9.90 Å². The highest BCUT2D eigenvalue weighted by Gasteiger charge is 2.23. The Balaban J connectivity index is 2.25. The van der Waals surface area contributed by atoms with Crippen LogP contribution in [-0.4, -0.2) is 35.7 Å². The molecule has 0 aliphatic carbocycles. The number of rotatable bonds is 3. The number of carbonyl (C=O) groups excluding carboxylic acids is 1. The zero-order valence-electron chi connectivity index (χ0n) is 8.26. The SMILES string of the molecule is CC(C)(O)CNC(=O)[C@H]1CCCN1. The van der Waals surface area contributed by atoms with Crippen molar-refractivity contribution in [2.45, 2.75) is 38.3 Å². The molecular weight excluding hydrogens is 168 g/mol. The predicted molar refractivity (Wildman–Crippen MR) is 50.3 cm³/mol. The molecule has 0 unspecified atom stereocenters. The molecule has 1 aliphatic rings. The summed E-state index contributed by atoms with van der Waals surface area (Å²) in [4.78, 5) is 11.4. The highest BCUT2D eigenvalue weighted by Crippen LogP contribution is 2.05. The molecule has 1 fully saturated rings. The number of nitrogens with one attached hydrogen (secondary N) is 2. The molecule has 1 atom stereocenters. The Morgan fingerprint density at radius 1 is 1.69 bits per heavy atom. The Morgan fingerprint density at radius 2 is 2.38 bits per heavy atom. The van der Waals surface area contributed by atoms with Crippen LogP contribution in [0.5, 0.6) is 0 Å². The third-order valence-electron chi connectivity index (χ3n) is 2.07. The minimum atomic E-state index is -0.825. The summed E-state index contributed by atoms with van der Waals surface area (Å²) in [5.41, 5.74) is -0.825. The molecule has 0 spiro atoms. The Hall–Kier alpha value is -0.610. The van der Waals surface area contributed by atoms with Crippen LogP contribution in [-0.2, 0) is 4.79 Å². The molecule has 0 aromatic heterocycles. The lowest BCUT2D eigenvalue weighted by Crippen LogP contribution is -2.45. The number of hydrogen-bond donors (Lipinski definition) is 3. The van der Waals surface area contributed by atoms with Gasteiger partial charge in [0.1, 0.15) is 0 Å². The molecule has 1 rings (SSSR count). The van der Waals surface area contributed by atoms with Crippen molar-refractivity contribution >= 4 is 5.91 Å². The second-order valence-electron chi connectivity index (χ2n) is 4.18. The Kier molecular flexibility index (Phi) is 3.27. The van der Waals surface area contributed by atoms with E-state index in [1.54, 1.807) is 13.8 Å². The molecule has 0 aromatic rings. The molecule has 4 heteroatoms. The van der Waals surface area contributed by atoms with Crippen LogP contribution < -0.4 is 10.6 Å². The van der Waals surface area contributed by atoms with Crippen molar-refractivity contribution in [3.8, 4) is 0 Å². The first-order valence-electron chi connectivity index (χ1n) is 4.72. The van der Waals surface area contributed by atoms with E-state index in [9.17, 15) is 9.90 Å². The van der Waals surface area contributed by atoms with Crippen LogP contribution >= 0.6 is 0 Å². The monoisotopic (exact) mass is 186 g/mol. The highest BCUT2D eigenvalue weighted by molar-refractivity contribution is 5.82. The fraction of sp³-hybridized carbons (Fsp3) is 0.889. The summed E-state index contributed by atoms with van der Waals surface area (Å²) >= 11 is 0. The van der Waals surface area contributed by atoms with E-state index in [0.29, 0.717) is 6.54 Å². The van der Waals surface area contributed by atoms with E-state index in [1.165, 1.54) is 0 Å². The molecule has 1 amide bonds. The van der Waals surface area contributed by atoms with Crippen LogP contribution in [0.25, 0.3) is 0 Å². The maximum Gasteiger partial charge on any atom is 0.237 e. The van der Waals surface area contributed by atoms with E-state index in [2.05, 4.69) is 10.6 Å². The minimum Gasteiger partial charge on any atom is -0.389 e. The minimum absolute atomic E-state index is 0.000347. The molecule has 13 heavy (non-hydrogen) atoms. The summed E-state index contributed by atoms with van der Waals surface area (Å²) in [5.74, 6) is -0.000347. The average Bonchev–Trinajstić information content (AvgIpc) is 2.50. The van der Waals surface area contributed by atoms with Gasteiger partial charge in [-0.15, -0.1) is 0 Å². The van der Waals surface area contributed by atoms with E-state index in [-0.39, 0.29) is 11.9 Å². The van der Waals surface area contributed by atoms with Gasteiger partial charge < -0.3 is 15.7 Å². The van der Waals surface area contributed by atoms with Crippen LogP contribution in [0, 0.1) is 0 Å². The second-order valence-corrected chi connectivity index (χ2v) is 4.18. The third kappa shape index (κ3) is 3.74. The first-order valence-corrected chi connectivity index (χ1v) is 4.72. The molecule has 0 radical (unpaired) electrons. The van der Waals surface area contributed by atoms with E-state index in [1.807, 2.05) is 0 Å². The molecule has 76 valence electrons. The van der Waals surface area contributed by atoms with Crippen molar-refractivity contribution in [1.82, 2.24) is 10.6 Å². The molecule has 0 aromatic carbocycles. The van der Waals surface area contributed by atoms with Crippen LogP contribution in [0.1, 0.15) is 26.7 Å². The Morgan fingerprint density at radius 3 is 2.85 bits per heavy atom. The Bertz CT molecular complexity index is 181. The van der Waals surface area contributed by atoms with Crippen molar-refractivity contribution in [2.24, 2.45) is 0 Å². The molecule has 3 N–H and O–H groups in total. The topological polar surface area (TPSA) is 61.4 Å². The summed E-state index contributed by atoms with van der Waals surface area (Å²) in [6, 6.07) is -0.0534. The number of amides is 1. The van der Waals surface area contributed by atoms with Crippen LogP contribution in [0.2, 0.25) is 0 Å². The van der Waals surface area contributed by atoms with E-state index in [0.717, 1.165) is 19.4 Å². The van der Waals surface area contributed by atoms with Gasteiger partial charge in [-0.05, 0) is 33.2 Å². The predicted octanol–water partition coefficient (Wildman–Crippen LogP) is -0.374. The van der Waals surface area contributed by atoms with Gasteiger partial charge in [0.15, 0.2) is 0 Å². The number of hydrogen-bond acceptors (Lipinski definition) is 3. The fourth-order valence-corrected chi connectivity index (χ4v) is 1.33. The zero-order valence-corrected chi connectivity index (χ0v) is 8.26. The maximum atomic E-state index is 11.4. The summed E-state index contributed by atoms with van der Waals surface area (Å²) in [6.45, 7) is 4.58. The summed E-state index contributed by atoms with van der Waals surface area (Å²) in [6.07, 6.45) is 1.96. The van der Waals surface area contributed by atoms with Gasteiger partial charge in [-0.25, -0.2) is 0 Å². The smallest absolute Gasteiger partial charge is 0.237 e. The van der Waals surface area contributed by atoms with Crippen molar-refractivity contribution in [2.75, 3.05) is 13.1 Å². The zero-order chi connectivity index (χ0) is 9.90. The van der Waals surface area contributed by atoms with Gasteiger partial charge in [-0.3, -0.25) is 4.79 Å². The number of aliphatic hydroxyl groups is 1. The molecule has 0 saturated carbocycles. The summed E-state index contributed by atoms with van der Waals surface area (Å²) in [5, 5.41) is 15.2. The van der Waals surface area contributed by atoms with Gasteiger partial charge in [0.25, 0.3) is 0 Å². The lowest BCUT2D eigenvalue weighted by molar-refractivity contribution is -0.123.